The second kappa shape index (κ2) is 4.92. The fraction of sp³-hybridized carbons (Fsp3) is 0.357. The molecule has 2 heterocycles. The van der Waals surface area contributed by atoms with E-state index in [0.29, 0.717) is 5.89 Å². The number of benzene rings is 1. The first-order valence-corrected chi connectivity index (χ1v) is 6.18. The van der Waals surface area contributed by atoms with E-state index in [9.17, 15) is 0 Å². The first-order chi connectivity index (χ1) is 8.90. The summed E-state index contributed by atoms with van der Waals surface area (Å²) in [6.07, 6.45) is 4.32. The molecule has 0 amide bonds. The van der Waals surface area contributed by atoms with Crippen molar-refractivity contribution in [1.29, 1.82) is 0 Å². The minimum Gasteiger partial charge on any atom is -0.445 e. The lowest BCUT2D eigenvalue weighted by molar-refractivity contribution is 0.0440. The second-order valence-electron chi connectivity index (χ2n) is 4.38. The van der Waals surface area contributed by atoms with E-state index in [1.807, 2.05) is 13.1 Å². The molecule has 0 fully saturated rings. The van der Waals surface area contributed by atoms with Gasteiger partial charge in [0, 0.05) is 12.1 Å². The van der Waals surface area contributed by atoms with Gasteiger partial charge in [0.2, 0.25) is 5.89 Å². The molecule has 1 aromatic heterocycles. The zero-order valence-corrected chi connectivity index (χ0v) is 10.3. The Bertz CT molecular complexity index is 523. The highest BCUT2D eigenvalue weighted by Gasteiger charge is 2.23. The summed E-state index contributed by atoms with van der Waals surface area (Å²) in [7, 11) is 1.94. The first kappa shape index (κ1) is 11.4. The molecule has 0 unspecified atom stereocenters. The Morgan fingerprint density at radius 3 is 3.17 bits per heavy atom. The molecule has 0 spiro atoms. The Balaban J connectivity index is 2.06. The van der Waals surface area contributed by atoms with Crippen LogP contribution in [0.25, 0.3) is 11.5 Å². The van der Waals surface area contributed by atoms with Crippen molar-refractivity contribution in [1.82, 2.24) is 10.3 Å². The smallest absolute Gasteiger partial charge is 0.226 e. The van der Waals surface area contributed by atoms with Crippen molar-refractivity contribution in [2.24, 2.45) is 0 Å². The monoisotopic (exact) mass is 244 g/mol. The van der Waals surface area contributed by atoms with Crippen LogP contribution in [-0.4, -0.2) is 25.2 Å². The molecule has 0 saturated carbocycles. The maximum atomic E-state index is 5.80. The SMILES string of the molecule is CNC[C@H]1OCCc2c(-c3ncco3)cccc21. The standard InChI is InChI=1S/C14H16N2O2/c1-15-9-13-11-3-2-4-12(10(11)5-7-17-13)14-16-6-8-18-14/h2-4,6,8,13,15H,5,7,9H2,1H3/t13-/m1/s1. The second-order valence-corrected chi connectivity index (χ2v) is 4.38. The van der Waals surface area contributed by atoms with Crippen molar-refractivity contribution in [2.75, 3.05) is 20.2 Å². The highest BCUT2D eigenvalue weighted by atomic mass is 16.5. The lowest BCUT2D eigenvalue weighted by atomic mass is 9.92. The first-order valence-electron chi connectivity index (χ1n) is 6.18. The third-order valence-electron chi connectivity index (χ3n) is 3.28. The molecule has 4 heteroatoms. The normalized spacial score (nSPS) is 18.6. The number of oxazole rings is 1. The van der Waals surface area contributed by atoms with E-state index in [1.54, 1.807) is 12.5 Å². The maximum absolute atomic E-state index is 5.80. The van der Waals surface area contributed by atoms with Crippen LogP contribution in [-0.2, 0) is 11.2 Å². The van der Waals surface area contributed by atoms with Crippen LogP contribution in [0.15, 0.2) is 35.1 Å². The molecule has 0 radical (unpaired) electrons. The molecule has 1 N–H and O–H groups in total. The van der Waals surface area contributed by atoms with Gasteiger partial charge < -0.3 is 14.5 Å². The van der Waals surface area contributed by atoms with Crippen molar-refractivity contribution in [3.05, 3.63) is 41.8 Å². The van der Waals surface area contributed by atoms with Crippen LogP contribution in [0.5, 0.6) is 0 Å². The number of hydrogen-bond donors (Lipinski definition) is 1. The van der Waals surface area contributed by atoms with Gasteiger partial charge in [-0.3, -0.25) is 0 Å². The molecule has 18 heavy (non-hydrogen) atoms. The Kier molecular flexibility index (Phi) is 3.13. The molecule has 94 valence electrons. The van der Waals surface area contributed by atoms with Gasteiger partial charge in [-0.1, -0.05) is 12.1 Å². The van der Waals surface area contributed by atoms with Crippen molar-refractivity contribution >= 4 is 0 Å². The largest absolute Gasteiger partial charge is 0.445 e. The van der Waals surface area contributed by atoms with Gasteiger partial charge in [0.05, 0.1) is 18.9 Å². The molecule has 0 bridgehead atoms. The number of rotatable bonds is 3. The summed E-state index contributed by atoms with van der Waals surface area (Å²) in [6.45, 7) is 1.57. The van der Waals surface area contributed by atoms with E-state index in [-0.39, 0.29) is 6.10 Å². The number of ether oxygens (including phenoxy) is 1. The zero-order chi connectivity index (χ0) is 12.4. The van der Waals surface area contributed by atoms with Crippen molar-refractivity contribution in [2.45, 2.75) is 12.5 Å². The van der Waals surface area contributed by atoms with E-state index in [0.717, 1.165) is 25.1 Å². The Labute approximate surface area is 106 Å². The van der Waals surface area contributed by atoms with Gasteiger partial charge in [-0.2, -0.15) is 0 Å². The third-order valence-corrected chi connectivity index (χ3v) is 3.28. The average molecular weight is 244 g/mol. The van der Waals surface area contributed by atoms with Crippen molar-refractivity contribution in [3.63, 3.8) is 0 Å². The van der Waals surface area contributed by atoms with E-state index in [4.69, 9.17) is 9.15 Å². The van der Waals surface area contributed by atoms with Crippen LogP contribution in [0.4, 0.5) is 0 Å². The van der Waals surface area contributed by atoms with Crippen LogP contribution in [0.1, 0.15) is 17.2 Å². The van der Waals surface area contributed by atoms with E-state index in [2.05, 4.69) is 22.4 Å². The number of nitrogens with one attached hydrogen (secondary N) is 1. The fourth-order valence-corrected chi connectivity index (χ4v) is 2.49. The van der Waals surface area contributed by atoms with Gasteiger partial charge in [0.25, 0.3) is 0 Å². The number of fused-ring (bicyclic) bond motifs is 1. The summed E-state index contributed by atoms with van der Waals surface area (Å²) in [5.74, 6) is 0.692. The van der Waals surface area contributed by atoms with Gasteiger partial charge in [0.15, 0.2) is 0 Å². The van der Waals surface area contributed by atoms with Gasteiger partial charge >= 0.3 is 0 Å². The number of aromatic nitrogens is 1. The summed E-state index contributed by atoms with van der Waals surface area (Å²) in [5, 5.41) is 3.17. The summed E-state index contributed by atoms with van der Waals surface area (Å²) in [6, 6.07) is 6.23. The summed E-state index contributed by atoms with van der Waals surface area (Å²) in [5.41, 5.74) is 3.62. The van der Waals surface area contributed by atoms with Crippen LogP contribution in [0, 0.1) is 0 Å². The van der Waals surface area contributed by atoms with Crippen molar-refractivity contribution in [3.8, 4) is 11.5 Å². The molecular formula is C14H16N2O2. The van der Waals surface area contributed by atoms with Gasteiger partial charge in [-0.25, -0.2) is 4.98 Å². The average Bonchev–Trinajstić information content (AvgIpc) is 2.93. The summed E-state index contributed by atoms with van der Waals surface area (Å²) < 4.78 is 11.2. The molecule has 3 rings (SSSR count). The van der Waals surface area contributed by atoms with Crippen LogP contribution in [0.2, 0.25) is 0 Å². The van der Waals surface area contributed by atoms with Gasteiger partial charge in [-0.15, -0.1) is 0 Å². The zero-order valence-electron chi connectivity index (χ0n) is 10.3. The van der Waals surface area contributed by atoms with E-state index in [1.165, 1.54) is 11.1 Å². The number of hydrogen-bond acceptors (Lipinski definition) is 4. The molecule has 4 nitrogen and oxygen atoms in total. The Morgan fingerprint density at radius 1 is 1.44 bits per heavy atom. The fourth-order valence-electron chi connectivity index (χ4n) is 2.49. The number of likely N-dealkylation sites (N-methyl/N-ethyl adjacent to an activating group) is 1. The molecule has 1 atom stereocenters. The Morgan fingerprint density at radius 2 is 2.39 bits per heavy atom. The van der Waals surface area contributed by atoms with E-state index >= 15 is 0 Å². The molecule has 0 aliphatic carbocycles. The molecule has 1 aliphatic heterocycles. The highest BCUT2D eigenvalue weighted by molar-refractivity contribution is 5.61. The lowest BCUT2D eigenvalue weighted by Crippen LogP contribution is -2.25. The maximum Gasteiger partial charge on any atom is 0.226 e. The quantitative estimate of drug-likeness (QED) is 0.899. The summed E-state index contributed by atoms with van der Waals surface area (Å²) in [4.78, 5) is 4.24. The number of nitrogens with zero attached hydrogens (tertiary/aromatic N) is 1. The van der Waals surface area contributed by atoms with Crippen LogP contribution >= 0.6 is 0 Å². The van der Waals surface area contributed by atoms with E-state index < -0.39 is 0 Å². The molecule has 2 aromatic rings. The lowest BCUT2D eigenvalue weighted by Gasteiger charge is -2.27. The molecule has 1 aromatic carbocycles. The van der Waals surface area contributed by atoms with Crippen LogP contribution < -0.4 is 5.32 Å². The molecular weight excluding hydrogens is 228 g/mol. The topological polar surface area (TPSA) is 47.3 Å². The Hall–Kier alpha value is -1.65. The molecule has 1 aliphatic rings. The van der Waals surface area contributed by atoms with Crippen LogP contribution in [0.3, 0.4) is 0 Å². The third kappa shape index (κ3) is 1.94. The molecule has 0 saturated heterocycles. The predicted octanol–water partition coefficient (Wildman–Crippen LogP) is 2.17. The minimum absolute atomic E-state index is 0.119. The predicted molar refractivity (Wildman–Crippen MR) is 68.3 cm³/mol. The summed E-state index contributed by atoms with van der Waals surface area (Å²) >= 11 is 0. The van der Waals surface area contributed by atoms with Crippen molar-refractivity contribution < 1.29 is 9.15 Å². The minimum atomic E-state index is 0.119. The van der Waals surface area contributed by atoms with Gasteiger partial charge in [0.1, 0.15) is 6.26 Å². The highest BCUT2D eigenvalue weighted by Crippen LogP contribution is 2.33. The van der Waals surface area contributed by atoms with Gasteiger partial charge in [-0.05, 0) is 30.7 Å².